The molecule has 1 aromatic carbocycles. The van der Waals surface area contributed by atoms with Crippen molar-refractivity contribution in [3.63, 3.8) is 0 Å². The highest BCUT2D eigenvalue weighted by Gasteiger charge is 2.32. The summed E-state index contributed by atoms with van der Waals surface area (Å²) in [4.78, 5) is 18.3. The highest BCUT2D eigenvalue weighted by atomic mass is 16.6. The number of amides is 1. The highest BCUT2D eigenvalue weighted by molar-refractivity contribution is 6.01. The second-order valence-corrected chi connectivity index (χ2v) is 7.26. The quantitative estimate of drug-likeness (QED) is 0.895. The first-order valence-corrected chi connectivity index (χ1v) is 9.23. The maximum absolute atomic E-state index is 13.0. The molecular formula is C20H28N2O2. The van der Waals surface area contributed by atoms with Crippen LogP contribution in [0.25, 0.3) is 0 Å². The molecule has 0 saturated heterocycles. The minimum absolute atomic E-state index is 0.0249. The molecule has 1 aliphatic carbocycles. The van der Waals surface area contributed by atoms with Crippen molar-refractivity contribution in [2.75, 3.05) is 6.61 Å². The first kappa shape index (κ1) is 17.0. The first-order chi connectivity index (χ1) is 11.6. The fourth-order valence-electron chi connectivity index (χ4n) is 3.79. The lowest BCUT2D eigenvalue weighted by atomic mass is 9.87. The standard InChI is InChI=1S/C20H28N2O2/c1-4-14-12-24-22-19(14)18(13(2)3)21-20(23)17-11-7-9-15-8-5-6-10-16(15)17/h7,9,11,13-14,18H,4-6,8,10,12H2,1-3H3,(H,21,23)/t14?,18-/m0/s1. The molecule has 1 N–H and O–H groups in total. The smallest absolute Gasteiger partial charge is 0.252 e. The summed E-state index contributed by atoms with van der Waals surface area (Å²) in [5.41, 5.74) is 4.40. The van der Waals surface area contributed by atoms with Crippen molar-refractivity contribution in [1.82, 2.24) is 5.32 Å². The molecule has 4 nitrogen and oxygen atoms in total. The predicted octanol–water partition coefficient (Wildman–Crippen LogP) is 3.73. The van der Waals surface area contributed by atoms with E-state index in [2.05, 4.69) is 37.3 Å². The van der Waals surface area contributed by atoms with Gasteiger partial charge in [0.05, 0.1) is 11.8 Å². The molecule has 2 aliphatic rings. The lowest BCUT2D eigenvalue weighted by Gasteiger charge is -2.26. The van der Waals surface area contributed by atoms with Crippen LogP contribution in [0.5, 0.6) is 0 Å². The summed E-state index contributed by atoms with van der Waals surface area (Å²) in [5.74, 6) is 0.613. The van der Waals surface area contributed by atoms with Crippen LogP contribution in [0.3, 0.4) is 0 Å². The fraction of sp³-hybridized carbons (Fsp3) is 0.600. The van der Waals surface area contributed by atoms with E-state index in [1.807, 2.05) is 12.1 Å². The number of oxime groups is 1. The van der Waals surface area contributed by atoms with E-state index < -0.39 is 0 Å². The van der Waals surface area contributed by atoms with Gasteiger partial charge in [-0.3, -0.25) is 4.79 Å². The van der Waals surface area contributed by atoms with Gasteiger partial charge in [0.25, 0.3) is 5.91 Å². The van der Waals surface area contributed by atoms with Gasteiger partial charge in [-0.2, -0.15) is 0 Å². The van der Waals surface area contributed by atoms with Crippen LogP contribution in [0, 0.1) is 11.8 Å². The van der Waals surface area contributed by atoms with Crippen molar-refractivity contribution >= 4 is 11.6 Å². The molecular weight excluding hydrogens is 300 g/mol. The zero-order valence-corrected chi connectivity index (χ0v) is 15.0. The number of nitrogens with zero attached hydrogens (tertiary/aromatic N) is 1. The van der Waals surface area contributed by atoms with E-state index in [4.69, 9.17) is 4.84 Å². The Morgan fingerprint density at radius 2 is 2.12 bits per heavy atom. The number of carbonyl (C=O) groups excluding carboxylic acids is 1. The summed E-state index contributed by atoms with van der Waals surface area (Å²) in [5, 5.41) is 7.49. The molecule has 0 fully saturated rings. The monoisotopic (exact) mass is 328 g/mol. The molecule has 3 rings (SSSR count). The summed E-state index contributed by atoms with van der Waals surface area (Å²) in [6.07, 6.45) is 5.47. The lowest BCUT2D eigenvalue weighted by molar-refractivity contribution is 0.0937. The van der Waals surface area contributed by atoms with Gasteiger partial charge >= 0.3 is 0 Å². The third-order valence-corrected chi connectivity index (χ3v) is 5.27. The van der Waals surface area contributed by atoms with Gasteiger partial charge in [-0.15, -0.1) is 0 Å². The zero-order chi connectivity index (χ0) is 17.1. The van der Waals surface area contributed by atoms with Crippen molar-refractivity contribution in [3.8, 4) is 0 Å². The number of rotatable bonds is 5. The van der Waals surface area contributed by atoms with Crippen molar-refractivity contribution in [1.29, 1.82) is 0 Å². The molecule has 0 spiro atoms. The Morgan fingerprint density at radius 1 is 1.33 bits per heavy atom. The van der Waals surface area contributed by atoms with Gasteiger partial charge < -0.3 is 10.2 Å². The van der Waals surface area contributed by atoms with Gasteiger partial charge in [-0.25, -0.2) is 0 Å². The number of nitrogens with one attached hydrogen (secondary N) is 1. The van der Waals surface area contributed by atoms with Gasteiger partial charge in [-0.1, -0.05) is 38.1 Å². The molecule has 1 aromatic rings. The molecule has 0 saturated carbocycles. The molecule has 24 heavy (non-hydrogen) atoms. The molecule has 1 heterocycles. The number of benzene rings is 1. The molecule has 1 amide bonds. The van der Waals surface area contributed by atoms with Crippen molar-refractivity contribution in [2.24, 2.45) is 17.0 Å². The van der Waals surface area contributed by atoms with Crippen molar-refractivity contribution in [2.45, 2.75) is 58.9 Å². The number of aryl methyl sites for hydroxylation is 1. The summed E-state index contributed by atoms with van der Waals surface area (Å²) in [6.45, 7) is 7.02. The van der Waals surface area contributed by atoms with Crippen molar-refractivity contribution < 1.29 is 9.63 Å². The Kier molecular flexibility index (Phi) is 5.22. The number of carbonyl (C=O) groups is 1. The van der Waals surface area contributed by atoms with Crippen LogP contribution in [0.15, 0.2) is 23.4 Å². The maximum atomic E-state index is 13.0. The molecule has 1 aliphatic heterocycles. The molecule has 0 radical (unpaired) electrons. The normalized spacial score (nSPS) is 21.0. The molecule has 1 unspecified atom stereocenters. The van der Waals surface area contributed by atoms with E-state index in [-0.39, 0.29) is 17.9 Å². The number of hydrogen-bond donors (Lipinski definition) is 1. The van der Waals surface area contributed by atoms with E-state index >= 15 is 0 Å². The van der Waals surface area contributed by atoms with E-state index in [1.165, 1.54) is 24.0 Å². The summed E-state index contributed by atoms with van der Waals surface area (Å²) >= 11 is 0. The third kappa shape index (κ3) is 3.33. The van der Waals surface area contributed by atoms with E-state index in [0.717, 1.165) is 30.5 Å². The topological polar surface area (TPSA) is 50.7 Å². The van der Waals surface area contributed by atoms with Gasteiger partial charge in [0.15, 0.2) is 0 Å². The van der Waals surface area contributed by atoms with Gasteiger partial charge in [-0.05, 0) is 55.2 Å². The zero-order valence-electron chi connectivity index (χ0n) is 15.0. The van der Waals surface area contributed by atoms with Crippen LogP contribution in [0.1, 0.15) is 61.5 Å². The average molecular weight is 328 g/mol. The maximum Gasteiger partial charge on any atom is 0.252 e. The van der Waals surface area contributed by atoms with E-state index in [9.17, 15) is 4.79 Å². The summed E-state index contributed by atoms with van der Waals surface area (Å²) < 4.78 is 0. The predicted molar refractivity (Wildman–Crippen MR) is 96.3 cm³/mol. The van der Waals surface area contributed by atoms with Gasteiger partial charge in [0.1, 0.15) is 6.61 Å². The first-order valence-electron chi connectivity index (χ1n) is 9.23. The van der Waals surface area contributed by atoms with Gasteiger partial charge in [0, 0.05) is 11.5 Å². The number of fused-ring (bicyclic) bond motifs is 1. The third-order valence-electron chi connectivity index (χ3n) is 5.27. The second kappa shape index (κ2) is 7.37. The minimum Gasteiger partial charge on any atom is -0.395 e. The molecule has 4 heteroatoms. The Morgan fingerprint density at radius 3 is 2.88 bits per heavy atom. The van der Waals surface area contributed by atoms with Crippen LogP contribution < -0.4 is 5.32 Å². The van der Waals surface area contributed by atoms with Crippen molar-refractivity contribution in [3.05, 3.63) is 34.9 Å². The molecule has 2 atom stereocenters. The molecule has 0 aromatic heterocycles. The van der Waals surface area contributed by atoms with E-state index in [0.29, 0.717) is 12.5 Å². The Labute approximate surface area is 144 Å². The highest BCUT2D eigenvalue weighted by Crippen LogP contribution is 2.25. The van der Waals surface area contributed by atoms with Crippen LogP contribution in [-0.4, -0.2) is 24.3 Å². The van der Waals surface area contributed by atoms with Crippen LogP contribution in [0.4, 0.5) is 0 Å². The van der Waals surface area contributed by atoms with Crippen LogP contribution >= 0.6 is 0 Å². The fourth-order valence-corrected chi connectivity index (χ4v) is 3.79. The average Bonchev–Trinajstić information content (AvgIpc) is 3.07. The van der Waals surface area contributed by atoms with Gasteiger partial charge in [0.2, 0.25) is 0 Å². The lowest BCUT2D eigenvalue weighted by Crippen LogP contribution is -2.46. The minimum atomic E-state index is -0.0654. The SMILES string of the molecule is CCC1CON=C1[C@@H](NC(=O)c1cccc2c1CCCC2)C(C)C. The summed E-state index contributed by atoms with van der Waals surface area (Å²) in [6, 6.07) is 6.06. The largest absolute Gasteiger partial charge is 0.395 e. The second-order valence-electron chi connectivity index (χ2n) is 7.26. The molecule has 0 bridgehead atoms. The van der Waals surface area contributed by atoms with E-state index in [1.54, 1.807) is 0 Å². The Balaban J connectivity index is 1.82. The Bertz CT molecular complexity index is 637. The molecule has 130 valence electrons. The van der Waals surface area contributed by atoms with Crippen LogP contribution in [-0.2, 0) is 17.7 Å². The summed E-state index contributed by atoms with van der Waals surface area (Å²) in [7, 11) is 0. The number of hydrogen-bond acceptors (Lipinski definition) is 3. The van der Waals surface area contributed by atoms with Crippen LogP contribution in [0.2, 0.25) is 0 Å². The Hall–Kier alpha value is -1.84.